The Labute approximate surface area is 364 Å². The molecular weight excluding hydrogens is 848 g/mol. The van der Waals surface area contributed by atoms with Crippen LogP contribution in [0.4, 0.5) is 8.63 Å². The lowest BCUT2D eigenvalue weighted by atomic mass is 9.88. The number of halogens is 2. The lowest BCUT2D eigenvalue weighted by Crippen LogP contribution is -2.51. The summed E-state index contributed by atoms with van der Waals surface area (Å²) in [5.41, 5.74) is 3.25. The zero-order chi connectivity index (χ0) is 44.4. The van der Waals surface area contributed by atoms with Gasteiger partial charge in [-0.25, -0.2) is 13.4 Å². The molecule has 1 atom stereocenters. The Kier molecular flexibility index (Phi) is 16.4. The number of nitrogens with zero attached hydrogens (tertiary/aromatic N) is 4. The zero-order valence-corrected chi connectivity index (χ0v) is 37.6. The number of aryl methyl sites for hydroxylation is 2. The topological polar surface area (TPSA) is 175 Å². The fraction of sp³-hybridized carbons (Fsp3) is 0.439. The van der Waals surface area contributed by atoms with Crippen molar-refractivity contribution in [3.05, 3.63) is 94.6 Å². The van der Waals surface area contributed by atoms with E-state index in [9.17, 15) is 27.4 Å². The van der Waals surface area contributed by atoms with Gasteiger partial charge in [-0.1, -0.05) is 16.9 Å². The molecule has 1 unspecified atom stereocenters. The number of quaternary nitrogens is 1. The van der Waals surface area contributed by atoms with E-state index in [1.807, 2.05) is 24.3 Å². The predicted molar refractivity (Wildman–Crippen MR) is 235 cm³/mol. The van der Waals surface area contributed by atoms with E-state index < -0.39 is 40.7 Å². The Morgan fingerprint density at radius 2 is 1.74 bits per heavy atom. The van der Waals surface area contributed by atoms with Crippen LogP contribution in [-0.2, 0) is 30.9 Å². The van der Waals surface area contributed by atoms with E-state index >= 15 is 8.63 Å². The molecule has 3 amide bonds. The number of hydrogen-bond acceptors (Lipinski definition) is 10. The van der Waals surface area contributed by atoms with E-state index in [0.717, 1.165) is 37.0 Å². The first-order valence-electron chi connectivity index (χ1n) is 20.1. The number of fused-ring (bicyclic) bond motifs is 2. The van der Waals surface area contributed by atoms with Crippen molar-refractivity contribution in [3.63, 3.8) is 0 Å². The Bertz CT molecular complexity index is 2260. The molecule has 0 fully saturated rings. The molecule has 14 nitrogen and oxygen atoms in total. The second-order valence-electron chi connectivity index (χ2n) is 16.0. The summed E-state index contributed by atoms with van der Waals surface area (Å²) in [5, 5.41) is 8.56. The Hall–Kier alpha value is -4.50. The van der Waals surface area contributed by atoms with Crippen molar-refractivity contribution in [3.8, 4) is 5.75 Å². The van der Waals surface area contributed by atoms with E-state index in [2.05, 4.69) is 42.1 Å². The molecule has 2 aromatic heterocycles. The highest BCUT2D eigenvalue weighted by molar-refractivity contribution is 8.76. The van der Waals surface area contributed by atoms with Gasteiger partial charge < -0.3 is 47.3 Å². The predicted octanol–water partition coefficient (Wildman–Crippen LogP) is 4.51. The van der Waals surface area contributed by atoms with E-state index in [1.165, 1.54) is 17.9 Å². The molecule has 4 heterocycles. The quantitative estimate of drug-likeness (QED) is 0.0404. The summed E-state index contributed by atoms with van der Waals surface area (Å²) in [7, 11) is 5.91. The lowest BCUT2D eigenvalue weighted by molar-refractivity contribution is -0.870. The molecular formula is C41H54BF2N7O7S3. The van der Waals surface area contributed by atoms with Crippen LogP contribution >= 0.6 is 21.6 Å². The van der Waals surface area contributed by atoms with Crippen LogP contribution in [0.1, 0.15) is 61.0 Å². The highest BCUT2D eigenvalue weighted by atomic mass is 33.1. The Balaban J connectivity index is 1.19. The smallest absolute Gasteiger partial charge is 0.737 e. The van der Waals surface area contributed by atoms with Crippen LogP contribution < -0.4 is 20.7 Å². The molecule has 1 aromatic carbocycles. The summed E-state index contributed by atoms with van der Waals surface area (Å²) < 4.78 is 77.5. The van der Waals surface area contributed by atoms with Gasteiger partial charge in [-0.15, -0.1) is 0 Å². The van der Waals surface area contributed by atoms with E-state index in [0.29, 0.717) is 65.5 Å². The number of nitrogens with one attached hydrogen (secondary N) is 3. The first kappa shape index (κ1) is 47.6. The number of carbonyl (C=O) groups is 3. The van der Waals surface area contributed by atoms with Gasteiger partial charge in [-0.3, -0.25) is 14.4 Å². The van der Waals surface area contributed by atoms with Crippen molar-refractivity contribution in [1.82, 2.24) is 25.4 Å². The minimum Gasteiger partial charge on any atom is -0.748 e. The molecule has 61 heavy (non-hydrogen) atoms. The van der Waals surface area contributed by atoms with Gasteiger partial charge in [0, 0.05) is 73.3 Å². The summed E-state index contributed by atoms with van der Waals surface area (Å²) in [6, 6.07) is 12.5. The van der Waals surface area contributed by atoms with Gasteiger partial charge in [0.05, 0.1) is 50.7 Å². The third-order valence-corrected chi connectivity index (χ3v) is 13.1. The van der Waals surface area contributed by atoms with Crippen LogP contribution in [0.5, 0.6) is 5.75 Å². The molecule has 2 aliphatic rings. The van der Waals surface area contributed by atoms with Crippen LogP contribution in [0.25, 0.3) is 6.08 Å². The number of methoxy groups -OCH3 is 1. The van der Waals surface area contributed by atoms with Crippen LogP contribution in [0.3, 0.4) is 0 Å². The van der Waals surface area contributed by atoms with Gasteiger partial charge in [-0.05, 0) is 97.1 Å². The SMILES string of the molecule is COc1ccc(C2=[N+]3C(=Cc4c(C)cc(CCC(=O)NC(CS(=O)(=O)[O-])C(=O)NCCCCC(=O)NCCSSc5ccccn5)n4[B-]3(F)F)C(CCC[N+](C)(C)C)=C2)cc1. The van der Waals surface area contributed by atoms with Crippen LogP contribution in [0.2, 0.25) is 0 Å². The number of rotatable bonds is 23. The number of unbranched alkanes of at least 4 members (excludes halogenated alkanes) is 1. The van der Waals surface area contributed by atoms with Gasteiger partial charge >= 0.3 is 6.97 Å². The average molecular weight is 902 g/mol. The molecule has 0 saturated carbocycles. The molecule has 3 N–H and O–H groups in total. The monoisotopic (exact) mass is 901 g/mol. The zero-order valence-electron chi connectivity index (χ0n) is 35.1. The first-order valence-corrected chi connectivity index (χ1v) is 24.0. The summed E-state index contributed by atoms with van der Waals surface area (Å²) in [6.45, 7) is -1.35. The van der Waals surface area contributed by atoms with Crippen molar-refractivity contribution in [2.24, 2.45) is 0 Å². The summed E-state index contributed by atoms with van der Waals surface area (Å²) in [4.78, 5) is 42.7. The molecule has 0 saturated heterocycles. The third kappa shape index (κ3) is 13.5. The molecule has 5 rings (SSSR count). The molecule has 0 spiro atoms. The highest BCUT2D eigenvalue weighted by Gasteiger charge is 2.54. The van der Waals surface area contributed by atoms with E-state index in [4.69, 9.17) is 4.74 Å². The van der Waals surface area contributed by atoms with Gasteiger partial charge in [0.25, 0.3) is 0 Å². The number of pyridine rings is 1. The Morgan fingerprint density at radius 3 is 2.41 bits per heavy atom. The summed E-state index contributed by atoms with van der Waals surface area (Å²) >= 11 is 0. The van der Waals surface area contributed by atoms with Crippen LogP contribution in [0.15, 0.2) is 77.1 Å². The minimum absolute atomic E-state index is 0.0641. The summed E-state index contributed by atoms with van der Waals surface area (Å²) in [6.07, 6.45) is 7.16. The van der Waals surface area contributed by atoms with Gasteiger partial charge in [0.1, 0.15) is 16.8 Å². The van der Waals surface area contributed by atoms with E-state index in [1.54, 1.807) is 60.3 Å². The number of amides is 3. The molecule has 0 bridgehead atoms. The molecule has 3 aromatic rings. The standard InChI is InChI=1S/C41H54BF2N7O7S3/c1-29-25-32(49-35(29)27-37-31(11-10-23-51(2,3)4)26-36(50(37)42(49,43)44)30-14-17-33(58-5)18-15-30)16-19-39(53)48-34(28-61(55,56)57)41(54)47-21-8-6-12-38(52)45-22-24-59-60-40-13-7-9-20-46-40/h7,9,13-15,17-18,20,25-27,34H,6,8,10-12,16,19,21-24,28H2,1-5H3,(H3-,45,47,48,52,53,54,55,56,57). The number of benzene rings is 1. The second-order valence-corrected chi connectivity index (χ2v) is 19.9. The van der Waals surface area contributed by atoms with E-state index in [-0.39, 0.29) is 37.4 Å². The summed E-state index contributed by atoms with van der Waals surface area (Å²) in [5.74, 6) is -1.76. The number of hydrogen-bond donors (Lipinski definition) is 3. The molecule has 2 aliphatic heterocycles. The first-order chi connectivity index (χ1) is 28.9. The maximum atomic E-state index is 17.1. The largest absolute Gasteiger partial charge is 0.748 e. The van der Waals surface area contributed by atoms with Gasteiger partial charge in [0.2, 0.25) is 17.7 Å². The third-order valence-electron chi connectivity index (χ3n) is 10.1. The van der Waals surface area contributed by atoms with Crippen LogP contribution in [0, 0.1) is 6.92 Å². The van der Waals surface area contributed by atoms with Gasteiger partial charge in [0.15, 0.2) is 11.4 Å². The lowest BCUT2D eigenvalue weighted by Gasteiger charge is -2.32. The van der Waals surface area contributed by atoms with Gasteiger partial charge in [-0.2, -0.15) is 0 Å². The normalized spacial score (nSPS) is 15.0. The fourth-order valence-electron chi connectivity index (χ4n) is 7.20. The number of aromatic nitrogens is 2. The molecule has 0 aliphatic carbocycles. The van der Waals surface area contributed by atoms with Crippen molar-refractivity contribution >= 4 is 68.2 Å². The van der Waals surface area contributed by atoms with Crippen molar-refractivity contribution < 1.29 is 49.7 Å². The maximum Gasteiger partial charge on any atom is 0.737 e. The minimum atomic E-state index is -4.95. The molecule has 20 heteroatoms. The molecule has 0 radical (unpaired) electrons. The second kappa shape index (κ2) is 21.1. The van der Waals surface area contributed by atoms with Crippen molar-refractivity contribution in [2.45, 2.75) is 62.9 Å². The number of carbonyl (C=O) groups excluding carboxylic acids is 3. The van der Waals surface area contributed by atoms with Crippen LogP contribution in [-0.4, -0.2) is 127 Å². The number of ether oxygens (including phenoxy) is 1. The number of allylic oxidation sites excluding steroid dienone is 2. The van der Waals surface area contributed by atoms with Crippen molar-refractivity contribution in [1.29, 1.82) is 0 Å². The average Bonchev–Trinajstić information content (AvgIpc) is 3.73. The molecule has 330 valence electrons. The fourth-order valence-corrected chi connectivity index (χ4v) is 9.63. The maximum absolute atomic E-state index is 17.1. The van der Waals surface area contributed by atoms with Crippen molar-refractivity contribution in [2.75, 3.05) is 59.4 Å². The Morgan fingerprint density at radius 1 is 0.984 bits per heavy atom. The highest BCUT2D eigenvalue weighted by Crippen LogP contribution is 2.40.